The van der Waals surface area contributed by atoms with E-state index in [0.717, 1.165) is 25.7 Å². The largest absolute Gasteiger partial charge is 0.299 e. The number of nitriles is 1. The van der Waals surface area contributed by atoms with E-state index >= 15 is 0 Å². The van der Waals surface area contributed by atoms with Gasteiger partial charge in [0.2, 0.25) is 0 Å². The van der Waals surface area contributed by atoms with Crippen LogP contribution >= 0.6 is 0 Å². The van der Waals surface area contributed by atoms with Crippen LogP contribution in [0.3, 0.4) is 0 Å². The van der Waals surface area contributed by atoms with E-state index in [2.05, 4.69) is 6.07 Å². The molecule has 0 aromatic rings. The van der Waals surface area contributed by atoms with E-state index in [1.165, 1.54) is 12.8 Å². The molecular formula is C12H15NO. The molecule has 0 radical (unpaired) electrons. The zero-order chi connectivity index (χ0) is 9.76. The van der Waals surface area contributed by atoms with Gasteiger partial charge in [-0.1, -0.05) is 6.42 Å². The van der Waals surface area contributed by atoms with Crippen LogP contribution in [0.15, 0.2) is 0 Å². The summed E-state index contributed by atoms with van der Waals surface area (Å²) in [6.45, 7) is 0. The summed E-state index contributed by atoms with van der Waals surface area (Å²) in [5.74, 6) is 1.68. The van der Waals surface area contributed by atoms with Crippen molar-refractivity contribution in [1.29, 1.82) is 5.26 Å². The topological polar surface area (TPSA) is 40.9 Å². The first-order valence-corrected chi connectivity index (χ1v) is 5.72. The first kappa shape index (κ1) is 8.47. The second kappa shape index (κ2) is 2.59. The molecule has 3 saturated carbocycles. The van der Waals surface area contributed by atoms with Crippen LogP contribution in [0.5, 0.6) is 0 Å². The van der Waals surface area contributed by atoms with Gasteiger partial charge in [-0.2, -0.15) is 5.26 Å². The van der Waals surface area contributed by atoms with Gasteiger partial charge in [0, 0.05) is 12.3 Å². The molecule has 3 rings (SSSR count). The first-order chi connectivity index (χ1) is 6.78. The number of Topliss-reactive ketones (excluding diaryl/α,β-unsaturated/α-hetero) is 1. The minimum atomic E-state index is -0.0865. The Labute approximate surface area is 84.3 Å². The maximum Gasteiger partial charge on any atom is 0.136 e. The molecule has 0 saturated heterocycles. The third-order valence-corrected chi connectivity index (χ3v) is 4.88. The van der Waals surface area contributed by atoms with Crippen molar-refractivity contribution in [2.75, 3.05) is 0 Å². The molecule has 0 amide bonds. The van der Waals surface area contributed by atoms with Crippen molar-refractivity contribution < 1.29 is 4.79 Å². The summed E-state index contributed by atoms with van der Waals surface area (Å²) in [4.78, 5) is 11.6. The lowest BCUT2D eigenvalue weighted by atomic mass is 9.74. The minimum absolute atomic E-state index is 0.0865. The highest BCUT2D eigenvalue weighted by Gasteiger charge is 2.60. The summed E-state index contributed by atoms with van der Waals surface area (Å²) in [6.07, 6.45) is 6.21. The Morgan fingerprint density at radius 1 is 1.43 bits per heavy atom. The van der Waals surface area contributed by atoms with Crippen molar-refractivity contribution in [3.63, 3.8) is 0 Å². The molecule has 3 fully saturated rings. The maximum atomic E-state index is 11.6. The van der Waals surface area contributed by atoms with E-state index in [1.54, 1.807) is 0 Å². The van der Waals surface area contributed by atoms with Gasteiger partial charge < -0.3 is 0 Å². The minimum Gasteiger partial charge on any atom is -0.299 e. The summed E-state index contributed by atoms with van der Waals surface area (Å²) in [6, 6.07) is 2.58. The molecule has 0 aromatic heterocycles. The summed E-state index contributed by atoms with van der Waals surface area (Å²) >= 11 is 0. The van der Waals surface area contributed by atoms with Crippen LogP contribution in [0, 0.1) is 34.5 Å². The Hall–Kier alpha value is -0.840. The summed E-state index contributed by atoms with van der Waals surface area (Å²) in [5.41, 5.74) is -0.0865. The number of rotatable bonds is 0. The van der Waals surface area contributed by atoms with Gasteiger partial charge in [0.25, 0.3) is 0 Å². The molecule has 0 N–H and O–H groups in total. The maximum absolute atomic E-state index is 11.6. The van der Waals surface area contributed by atoms with Gasteiger partial charge in [-0.15, -0.1) is 0 Å². The monoisotopic (exact) mass is 189 g/mol. The fourth-order valence-electron chi connectivity index (χ4n) is 4.28. The Morgan fingerprint density at radius 2 is 2.29 bits per heavy atom. The third kappa shape index (κ3) is 0.791. The smallest absolute Gasteiger partial charge is 0.136 e. The van der Waals surface area contributed by atoms with Crippen molar-refractivity contribution in [3.8, 4) is 6.07 Å². The quantitative estimate of drug-likeness (QED) is 0.586. The van der Waals surface area contributed by atoms with Crippen LogP contribution in [0.2, 0.25) is 0 Å². The van der Waals surface area contributed by atoms with Gasteiger partial charge >= 0.3 is 0 Å². The lowest BCUT2D eigenvalue weighted by molar-refractivity contribution is -0.121. The Kier molecular flexibility index (Phi) is 1.57. The van der Waals surface area contributed by atoms with Gasteiger partial charge in [-0.25, -0.2) is 0 Å². The highest BCUT2D eigenvalue weighted by molar-refractivity contribution is 5.84. The van der Waals surface area contributed by atoms with Crippen LogP contribution in [0.1, 0.15) is 38.5 Å². The standard InChI is InChI=1S/C12H15NO/c13-7-12-5-1-2-8(12)6-9-10(12)3-4-11(9)14/h8-10H,1-6H2/t8-,9-,10-,12+/m1/s1. The highest BCUT2D eigenvalue weighted by atomic mass is 16.1. The predicted octanol–water partition coefficient (Wildman–Crippen LogP) is 2.30. The van der Waals surface area contributed by atoms with Crippen molar-refractivity contribution in [2.45, 2.75) is 38.5 Å². The van der Waals surface area contributed by atoms with Gasteiger partial charge in [0.1, 0.15) is 5.78 Å². The molecule has 3 aliphatic carbocycles. The summed E-state index contributed by atoms with van der Waals surface area (Å²) in [7, 11) is 0. The molecule has 2 nitrogen and oxygen atoms in total. The Morgan fingerprint density at radius 3 is 3.07 bits per heavy atom. The van der Waals surface area contributed by atoms with E-state index < -0.39 is 0 Å². The number of hydrogen-bond donors (Lipinski definition) is 0. The second-order valence-electron chi connectivity index (χ2n) is 5.19. The van der Waals surface area contributed by atoms with E-state index in [1.807, 2.05) is 0 Å². The molecule has 4 atom stereocenters. The van der Waals surface area contributed by atoms with Crippen LogP contribution in [-0.2, 0) is 4.79 Å². The van der Waals surface area contributed by atoms with Crippen LogP contribution in [-0.4, -0.2) is 5.78 Å². The summed E-state index contributed by atoms with van der Waals surface area (Å²) < 4.78 is 0. The molecule has 2 heteroatoms. The molecule has 3 aliphatic rings. The van der Waals surface area contributed by atoms with E-state index in [0.29, 0.717) is 17.6 Å². The summed E-state index contributed by atoms with van der Waals surface area (Å²) in [5, 5.41) is 9.40. The molecule has 0 spiro atoms. The SMILES string of the molecule is N#C[C@@]12CCC[C@@H]1C[C@H]1C(=O)CC[C@H]12. The third-order valence-electron chi connectivity index (χ3n) is 4.88. The zero-order valence-corrected chi connectivity index (χ0v) is 8.33. The average Bonchev–Trinajstić information content (AvgIpc) is 2.78. The van der Waals surface area contributed by atoms with Gasteiger partial charge in [-0.05, 0) is 37.5 Å². The van der Waals surface area contributed by atoms with E-state index in [4.69, 9.17) is 0 Å². The number of ketones is 1. The Balaban J connectivity index is 2.01. The zero-order valence-electron chi connectivity index (χ0n) is 8.33. The van der Waals surface area contributed by atoms with Crippen molar-refractivity contribution in [1.82, 2.24) is 0 Å². The normalized spacial score (nSPS) is 50.2. The number of nitrogens with zero attached hydrogens (tertiary/aromatic N) is 1. The van der Waals surface area contributed by atoms with Gasteiger partial charge in [0.05, 0.1) is 11.5 Å². The molecule has 74 valence electrons. The molecule has 0 aliphatic heterocycles. The molecule has 0 heterocycles. The fourth-order valence-corrected chi connectivity index (χ4v) is 4.28. The van der Waals surface area contributed by atoms with Gasteiger partial charge in [0.15, 0.2) is 0 Å². The van der Waals surface area contributed by atoms with E-state index in [9.17, 15) is 10.1 Å². The van der Waals surface area contributed by atoms with Gasteiger partial charge in [-0.3, -0.25) is 4.79 Å². The van der Waals surface area contributed by atoms with Crippen LogP contribution in [0.4, 0.5) is 0 Å². The first-order valence-electron chi connectivity index (χ1n) is 5.72. The van der Waals surface area contributed by atoms with E-state index in [-0.39, 0.29) is 11.3 Å². The molecule has 0 bridgehead atoms. The van der Waals surface area contributed by atoms with Crippen LogP contribution < -0.4 is 0 Å². The molecule has 0 unspecified atom stereocenters. The lowest BCUT2D eigenvalue weighted by Crippen LogP contribution is -2.26. The Bertz CT molecular complexity index is 330. The fraction of sp³-hybridized carbons (Fsp3) is 0.833. The highest BCUT2D eigenvalue weighted by Crippen LogP contribution is 2.63. The number of fused-ring (bicyclic) bond motifs is 3. The number of hydrogen-bond acceptors (Lipinski definition) is 2. The molecule has 14 heavy (non-hydrogen) atoms. The number of carbonyl (C=O) groups excluding carboxylic acids is 1. The average molecular weight is 189 g/mol. The predicted molar refractivity (Wildman–Crippen MR) is 51.2 cm³/mol. The molecule has 0 aromatic carbocycles. The van der Waals surface area contributed by atoms with Crippen molar-refractivity contribution >= 4 is 5.78 Å². The van der Waals surface area contributed by atoms with Crippen LogP contribution in [0.25, 0.3) is 0 Å². The number of carbonyl (C=O) groups is 1. The lowest BCUT2D eigenvalue weighted by Gasteiger charge is -2.26. The van der Waals surface area contributed by atoms with Crippen molar-refractivity contribution in [3.05, 3.63) is 0 Å². The van der Waals surface area contributed by atoms with Crippen molar-refractivity contribution in [2.24, 2.45) is 23.2 Å². The second-order valence-corrected chi connectivity index (χ2v) is 5.19. The molecular weight excluding hydrogens is 174 g/mol.